The highest BCUT2D eigenvalue weighted by Gasteiger charge is 2.35. The molecule has 0 spiro atoms. The first-order valence-corrected chi connectivity index (χ1v) is 7.94. The Labute approximate surface area is 134 Å². The third-order valence-electron chi connectivity index (χ3n) is 4.42. The maximum atomic E-state index is 13.1. The number of nitrogens with one attached hydrogen (secondary N) is 1. The zero-order valence-corrected chi connectivity index (χ0v) is 13.5. The number of alkyl halides is 3. The number of hydrogen-bond acceptors (Lipinski definition) is 2. The maximum Gasteiger partial charge on any atom is 0.416 e. The Morgan fingerprint density at radius 3 is 2.74 bits per heavy atom. The molecule has 3 nitrogen and oxygen atoms in total. The van der Waals surface area contributed by atoms with Crippen molar-refractivity contribution in [1.82, 2.24) is 10.2 Å². The van der Waals surface area contributed by atoms with Gasteiger partial charge in [0.05, 0.1) is 5.56 Å². The first-order valence-electron chi connectivity index (χ1n) is 7.94. The highest BCUT2D eigenvalue weighted by Crippen LogP contribution is 2.36. The molecule has 1 amide bonds. The van der Waals surface area contributed by atoms with Gasteiger partial charge in [-0.25, -0.2) is 0 Å². The number of benzene rings is 1. The molecular formula is C17H23F3N2O. The second kappa shape index (κ2) is 7.34. The second-order valence-electron chi connectivity index (χ2n) is 6.13. The zero-order chi connectivity index (χ0) is 17.0. The van der Waals surface area contributed by atoms with Crippen molar-refractivity contribution in [1.29, 1.82) is 0 Å². The van der Waals surface area contributed by atoms with E-state index in [1.807, 2.05) is 11.9 Å². The molecule has 128 valence electrons. The summed E-state index contributed by atoms with van der Waals surface area (Å²) in [6.45, 7) is 3.10. The van der Waals surface area contributed by atoms with Gasteiger partial charge in [0.15, 0.2) is 0 Å². The molecule has 1 heterocycles. The molecule has 0 radical (unpaired) electrons. The number of hydrogen-bond donors (Lipinski definition) is 1. The van der Waals surface area contributed by atoms with Gasteiger partial charge in [-0.1, -0.05) is 25.1 Å². The summed E-state index contributed by atoms with van der Waals surface area (Å²) >= 11 is 0. The molecule has 1 aliphatic heterocycles. The average Bonchev–Trinajstić information content (AvgIpc) is 2.95. The number of amides is 1. The molecule has 0 unspecified atom stereocenters. The third-order valence-corrected chi connectivity index (χ3v) is 4.42. The van der Waals surface area contributed by atoms with Gasteiger partial charge in [0.2, 0.25) is 5.91 Å². The van der Waals surface area contributed by atoms with E-state index in [4.69, 9.17) is 0 Å². The lowest BCUT2D eigenvalue weighted by atomic mass is 9.92. The summed E-state index contributed by atoms with van der Waals surface area (Å²) in [5, 5.41) is 3.07. The minimum Gasteiger partial charge on any atom is -0.338 e. The first-order chi connectivity index (χ1) is 10.8. The number of rotatable bonds is 5. The molecule has 1 saturated heterocycles. The fraction of sp³-hybridized carbons (Fsp3) is 0.588. The van der Waals surface area contributed by atoms with Gasteiger partial charge in [0.1, 0.15) is 0 Å². The number of carbonyl (C=O) groups is 1. The van der Waals surface area contributed by atoms with Gasteiger partial charge in [0, 0.05) is 25.6 Å². The van der Waals surface area contributed by atoms with Crippen molar-refractivity contribution >= 4 is 5.91 Å². The highest BCUT2D eigenvalue weighted by atomic mass is 19.4. The molecule has 1 N–H and O–H groups in total. The van der Waals surface area contributed by atoms with Crippen molar-refractivity contribution in [3.8, 4) is 0 Å². The molecular weight excluding hydrogens is 305 g/mol. The molecule has 1 fully saturated rings. The van der Waals surface area contributed by atoms with E-state index in [-0.39, 0.29) is 23.9 Å². The van der Waals surface area contributed by atoms with Crippen molar-refractivity contribution in [2.75, 3.05) is 20.1 Å². The lowest BCUT2D eigenvalue weighted by Gasteiger charge is -2.26. The van der Waals surface area contributed by atoms with E-state index in [0.29, 0.717) is 6.54 Å². The predicted octanol–water partition coefficient (Wildman–Crippen LogP) is 3.41. The zero-order valence-electron chi connectivity index (χ0n) is 13.5. The van der Waals surface area contributed by atoms with Crippen LogP contribution in [0.25, 0.3) is 0 Å². The Balaban J connectivity index is 2.10. The van der Waals surface area contributed by atoms with E-state index >= 15 is 0 Å². The van der Waals surface area contributed by atoms with Crippen molar-refractivity contribution in [3.05, 3.63) is 35.4 Å². The quantitative estimate of drug-likeness (QED) is 0.898. The van der Waals surface area contributed by atoms with Crippen molar-refractivity contribution < 1.29 is 18.0 Å². The Bertz CT molecular complexity index is 545. The van der Waals surface area contributed by atoms with Gasteiger partial charge >= 0.3 is 6.18 Å². The van der Waals surface area contributed by atoms with Crippen molar-refractivity contribution in [2.45, 2.75) is 44.3 Å². The Morgan fingerprint density at radius 2 is 2.09 bits per heavy atom. The lowest BCUT2D eigenvalue weighted by molar-refractivity contribution is -0.139. The van der Waals surface area contributed by atoms with Gasteiger partial charge < -0.3 is 10.2 Å². The molecule has 23 heavy (non-hydrogen) atoms. The molecule has 0 aromatic heterocycles. The van der Waals surface area contributed by atoms with E-state index < -0.39 is 17.7 Å². The molecule has 0 bridgehead atoms. The summed E-state index contributed by atoms with van der Waals surface area (Å²) in [7, 11) is 1.84. The Kier molecular flexibility index (Phi) is 5.68. The monoisotopic (exact) mass is 328 g/mol. The standard InChI is InChI=1S/C17H23F3N2O/c1-12(14-7-3-4-8-15(14)17(18,19)20)10-16(23)22-9-5-6-13(22)11-21-2/h3-4,7-8,12-13,21H,5-6,9-11H2,1-2H3/t12-,13+/m0/s1. The van der Waals surface area contributed by atoms with Crippen molar-refractivity contribution in [3.63, 3.8) is 0 Å². The van der Waals surface area contributed by atoms with E-state index in [1.54, 1.807) is 13.0 Å². The van der Waals surface area contributed by atoms with Crippen LogP contribution in [0, 0.1) is 0 Å². The Hall–Kier alpha value is -1.56. The van der Waals surface area contributed by atoms with E-state index in [2.05, 4.69) is 5.32 Å². The topological polar surface area (TPSA) is 32.3 Å². The van der Waals surface area contributed by atoms with Crippen LogP contribution >= 0.6 is 0 Å². The first kappa shape index (κ1) is 17.8. The summed E-state index contributed by atoms with van der Waals surface area (Å²) in [4.78, 5) is 14.3. The fourth-order valence-corrected chi connectivity index (χ4v) is 3.29. The SMILES string of the molecule is CNC[C@H]1CCCN1C(=O)C[C@H](C)c1ccccc1C(F)(F)F. The largest absolute Gasteiger partial charge is 0.416 e. The predicted molar refractivity (Wildman–Crippen MR) is 83.1 cm³/mol. The van der Waals surface area contributed by atoms with Crippen LogP contribution in [-0.4, -0.2) is 37.0 Å². The van der Waals surface area contributed by atoms with E-state index in [9.17, 15) is 18.0 Å². The van der Waals surface area contributed by atoms with Gasteiger partial charge in [-0.05, 0) is 37.4 Å². The fourth-order valence-electron chi connectivity index (χ4n) is 3.29. The summed E-state index contributed by atoms with van der Waals surface area (Å²) < 4.78 is 39.3. The van der Waals surface area contributed by atoms with E-state index in [1.165, 1.54) is 12.1 Å². The van der Waals surface area contributed by atoms with E-state index in [0.717, 1.165) is 25.5 Å². The highest BCUT2D eigenvalue weighted by molar-refractivity contribution is 5.77. The third kappa shape index (κ3) is 4.25. The van der Waals surface area contributed by atoms with Crippen LogP contribution in [-0.2, 0) is 11.0 Å². The molecule has 1 aromatic rings. The maximum absolute atomic E-state index is 13.1. The van der Waals surface area contributed by atoms with Crippen LogP contribution in [0.1, 0.15) is 43.2 Å². The molecule has 6 heteroatoms. The molecule has 1 aromatic carbocycles. The number of carbonyl (C=O) groups excluding carboxylic acids is 1. The van der Waals surface area contributed by atoms with Crippen LogP contribution in [0.5, 0.6) is 0 Å². The van der Waals surface area contributed by atoms with Gasteiger partial charge in [-0.15, -0.1) is 0 Å². The molecule has 2 rings (SSSR count). The van der Waals surface area contributed by atoms with Crippen LogP contribution in [0.2, 0.25) is 0 Å². The van der Waals surface area contributed by atoms with Crippen LogP contribution in [0.4, 0.5) is 13.2 Å². The van der Waals surface area contributed by atoms with Crippen LogP contribution < -0.4 is 5.32 Å². The van der Waals surface area contributed by atoms with Crippen LogP contribution in [0.3, 0.4) is 0 Å². The smallest absolute Gasteiger partial charge is 0.338 e. The van der Waals surface area contributed by atoms with Gasteiger partial charge in [0.25, 0.3) is 0 Å². The molecule has 2 atom stereocenters. The summed E-state index contributed by atoms with van der Waals surface area (Å²) in [6.07, 6.45) is -2.39. The lowest BCUT2D eigenvalue weighted by Crippen LogP contribution is -2.41. The normalized spacial score (nSPS) is 19.9. The second-order valence-corrected chi connectivity index (χ2v) is 6.13. The van der Waals surface area contributed by atoms with Gasteiger partial charge in [-0.2, -0.15) is 13.2 Å². The number of likely N-dealkylation sites (N-methyl/N-ethyl adjacent to an activating group) is 1. The minimum atomic E-state index is -4.39. The number of likely N-dealkylation sites (tertiary alicyclic amines) is 1. The molecule has 1 aliphatic rings. The minimum absolute atomic E-state index is 0.0628. The van der Waals surface area contributed by atoms with Gasteiger partial charge in [-0.3, -0.25) is 4.79 Å². The summed E-state index contributed by atoms with van der Waals surface area (Å²) in [5.41, 5.74) is -0.453. The Morgan fingerprint density at radius 1 is 1.39 bits per heavy atom. The van der Waals surface area contributed by atoms with Crippen LogP contribution in [0.15, 0.2) is 24.3 Å². The number of nitrogens with zero attached hydrogens (tertiary/aromatic N) is 1. The summed E-state index contributed by atoms with van der Waals surface area (Å²) in [5.74, 6) is -0.525. The van der Waals surface area contributed by atoms with Crippen molar-refractivity contribution in [2.24, 2.45) is 0 Å². The molecule has 0 saturated carbocycles. The molecule has 0 aliphatic carbocycles. The summed E-state index contributed by atoms with van der Waals surface area (Å²) in [6, 6.07) is 5.67. The average molecular weight is 328 g/mol. The number of halogens is 3.